The monoisotopic (exact) mass is 452 g/mol. The van der Waals surface area contributed by atoms with Crippen LogP contribution in [0.4, 0.5) is 13.2 Å². The zero-order valence-electron chi connectivity index (χ0n) is 16.4. The third-order valence-electron chi connectivity index (χ3n) is 4.93. The van der Waals surface area contributed by atoms with Gasteiger partial charge in [-0.3, -0.25) is 18.5 Å². The third kappa shape index (κ3) is 3.67. The van der Waals surface area contributed by atoms with E-state index < -0.39 is 29.1 Å². The summed E-state index contributed by atoms with van der Waals surface area (Å²) in [5.41, 5.74) is -1.50. The molecule has 31 heavy (non-hydrogen) atoms. The Morgan fingerprint density at radius 2 is 1.81 bits per heavy atom. The number of hydrogen-bond acceptors (Lipinski definition) is 4. The first kappa shape index (κ1) is 21.0. The summed E-state index contributed by atoms with van der Waals surface area (Å²) in [6, 6.07) is 6.28. The summed E-state index contributed by atoms with van der Waals surface area (Å²) in [4.78, 5) is 29.5. The molecule has 0 saturated carbocycles. The molecule has 2 heterocycles. The first-order valence-corrected chi connectivity index (χ1v) is 9.52. The van der Waals surface area contributed by atoms with Gasteiger partial charge in [-0.05, 0) is 30.3 Å². The molecule has 0 fully saturated rings. The molecule has 1 atom stereocenters. The number of rotatable bonds is 3. The second-order valence-electron chi connectivity index (χ2n) is 7.00. The summed E-state index contributed by atoms with van der Waals surface area (Å²) < 4.78 is 48.6. The molecule has 2 aromatic heterocycles. The van der Waals surface area contributed by atoms with Gasteiger partial charge < -0.3 is 4.74 Å². The van der Waals surface area contributed by atoms with Gasteiger partial charge in [0, 0.05) is 25.5 Å². The van der Waals surface area contributed by atoms with E-state index in [1.807, 2.05) is 0 Å². The first-order valence-electron chi connectivity index (χ1n) is 9.14. The van der Waals surface area contributed by atoms with Crippen LogP contribution in [0.2, 0.25) is 5.02 Å². The number of ether oxygens (including phenoxy) is 1. The van der Waals surface area contributed by atoms with E-state index >= 15 is 0 Å². The topological polar surface area (TPSA) is 71.1 Å². The average Bonchev–Trinajstić information content (AvgIpc) is 3.10. The Balaban J connectivity index is 1.93. The zero-order valence-corrected chi connectivity index (χ0v) is 17.1. The van der Waals surface area contributed by atoms with Gasteiger partial charge in [0.25, 0.3) is 5.56 Å². The molecule has 1 aromatic carbocycles. The first-order chi connectivity index (χ1) is 14.6. The maximum atomic E-state index is 13.1. The predicted molar refractivity (Wildman–Crippen MR) is 109 cm³/mol. The molecule has 0 amide bonds. The molecule has 1 aliphatic rings. The number of hydrogen-bond donors (Lipinski definition) is 0. The minimum atomic E-state index is -4.52. The van der Waals surface area contributed by atoms with Gasteiger partial charge in [0.2, 0.25) is 0 Å². The van der Waals surface area contributed by atoms with E-state index in [9.17, 15) is 22.8 Å². The number of fused-ring (bicyclic) bond motifs is 1. The van der Waals surface area contributed by atoms with Crippen LogP contribution in [0.1, 0.15) is 6.42 Å². The minimum Gasteiger partial charge on any atom is -0.456 e. The quantitative estimate of drug-likeness (QED) is 0.611. The smallest absolute Gasteiger partial charge is 0.416 e. The summed E-state index contributed by atoms with van der Waals surface area (Å²) in [6.07, 6.45) is -2.00. The van der Waals surface area contributed by atoms with Crippen LogP contribution < -0.4 is 16.0 Å². The molecule has 7 nitrogen and oxygen atoms in total. The van der Waals surface area contributed by atoms with Crippen molar-refractivity contribution in [2.24, 2.45) is 14.1 Å². The van der Waals surface area contributed by atoms with Crippen molar-refractivity contribution < 1.29 is 17.9 Å². The van der Waals surface area contributed by atoms with Gasteiger partial charge in [-0.15, -0.1) is 0 Å². The highest BCUT2D eigenvalue weighted by atomic mass is 35.5. The second kappa shape index (κ2) is 7.45. The van der Waals surface area contributed by atoms with E-state index in [0.29, 0.717) is 10.7 Å². The van der Waals surface area contributed by atoms with Gasteiger partial charge in [0.05, 0.1) is 11.3 Å². The van der Waals surface area contributed by atoms with E-state index in [4.69, 9.17) is 16.3 Å². The highest BCUT2D eigenvalue weighted by Crippen LogP contribution is 2.31. The van der Waals surface area contributed by atoms with Crippen molar-refractivity contribution >= 4 is 22.8 Å². The molecule has 0 radical (unpaired) electrons. The van der Waals surface area contributed by atoms with Gasteiger partial charge in [0.1, 0.15) is 6.10 Å². The van der Waals surface area contributed by atoms with Gasteiger partial charge >= 0.3 is 17.9 Å². The fourth-order valence-corrected chi connectivity index (χ4v) is 3.47. The van der Waals surface area contributed by atoms with E-state index in [-0.39, 0.29) is 23.6 Å². The van der Waals surface area contributed by atoms with Gasteiger partial charge in [-0.25, -0.2) is 4.79 Å². The summed E-state index contributed by atoms with van der Waals surface area (Å²) >= 11 is 5.96. The van der Waals surface area contributed by atoms with E-state index in [0.717, 1.165) is 16.7 Å². The van der Waals surface area contributed by atoms with Crippen molar-refractivity contribution in [1.82, 2.24) is 18.7 Å². The number of alkyl halides is 3. The molecule has 0 N–H and O–H groups in total. The Morgan fingerprint density at radius 3 is 2.45 bits per heavy atom. The molecule has 11 heteroatoms. The van der Waals surface area contributed by atoms with E-state index in [1.54, 1.807) is 24.3 Å². The summed E-state index contributed by atoms with van der Waals surface area (Å²) in [5, 5.41) is 0.450. The Labute approximate surface area is 178 Å². The van der Waals surface area contributed by atoms with Gasteiger partial charge in [-0.2, -0.15) is 18.2 Å². The van der Waals surface area contributed by atoms with Crippen LogP contribution in [-0.2, 0) is 14.1 Å². The fraction of sp³-hybridized carbons (Fsp3) is 0.250. The molecular weight excluding hydrogens is 437 g/mol. The fourth-order valence-electron chi connectivity index (χ4n) is 3.34. The molecule has 162 valence electrons. The highest BCUT2D eigenvalue weighted by Gasteiger charge is 2.34. The lowest BCUT2D eigenvalue weighted by Crippen LogP contribution is -2.37. The number of nitrogens with zero attached hydrogens (tertiary/aromatic N) is 4. The van der Waals surface area contributed by atoms with Crippen molar-refractivity contribution in [2.75, 3.05) is 0 Å². The lowest BCUT2D eigenvalue weighted by atomic mass is 10.0. The van der Waals surface area contributed by atoms with Crippen molar-refractivity contribution in [1.29, 1.82) is 0 Å². The molecule has 1 aliphatic carbocycles. The van der Waals surface area contributed by atoms with Crippen molar-refractivity contribution in [3.63, 3.8) is 0 Å². The SMILES string of the molecule is Cn1c(=O)c2c(nc(OC3C=C(C(F)(F)F)C=CC3)n2-c2ccc(Cl)cc2)n(C)c1=O. The number of benzene rings is 1. The highest BCUT2D eigenvalue weighted by molar-refractivity contribution is 6.30. The maximum Gasteiger partial charge on any atom is 0.416 e. The molecule has 4 rings (SSSR count). The zero-order chi connectivity index (χ0) is 22.5. The third-order valence-corrected chi connectivity index (χ3v) is 5.18. The largest absolute Gasteiger partial charge is 0.456 e. The van der Waals surface area contributed by atoms with Crippen molar-refractivity contribution in [3.8, 4) is 11.7 Å². The summed E-state index contributed by atoms with van der Waals surface area (Å²) in [7, 11) is 2.77. The van der Waals surface area contributed by atoms with Crippen LogP contribution in [0.25, 0.3) is 16.9 Å². The van der Waals surface area contributed by atoms with Crippen molar-refractivity contribution in [2.45, 2.75) is 18.7 Å². The minimum absolute atomic E-state index is 0.0458. The Bertz CT molecular complexity index is 1350. The Hall–Kier alpha value is -3.27. The van der Waals surface area contributed by atoms with Crippen LogP contribution in [0, 0.1) is 0 Å². The summed E-state index contributed by atoms with van der Waals surface area (Å²) in [6.45, 7) is 0. The molecule has 0 spiro atoms. The van der Waals surface area contributed by atoms with Gasteiger partial charge in [-0.1, -0.05) is 23.8 Å². The van der Waals surface area contributed by atoms with E-state index in [1.165, 1.54) is 29.3 Å². The van der Waals surface area contributed by atoms with Crippen molar-refractivity contribution in [3.05, 3.63) is 73.9 Å². The number of halogens is 4. The van der Waals surface area contributed by atoms with Crippen LogP contribution in [0.15, 0.2) is 57.7 Å². The standard InChI is InChI=1S/C20H16ClF3N4O3/c1-26-16-15(17(29)27(2)19(26)30)28(13-8-6-12(21)7-9-13)18(25-16)31-14-5-3-4-11(10-14)20(22,23)24/h3-4,6-10,14H,5H2,1-2H3. The molecule has 0 bridgehead atoms. The summed E-state index contributed by atoms with van der Waals surface area (Å²) in [5.74, 6) is 0. The lowest BCUT2D eigenvalue weighted by Gasteiger charge is -2.20. The van der Waals surface area contributed by atoms with E-state index in [2.05, 4.69) is 4.98 Å². The Kier molecular flexibility index (Phi) is 5.04. The number of imidazole rings is 1. The maximum absolute atomic E-state index is 13.1. The van der Waals surface area contributed by atoms with Crippen LogP contribution in [-0.4, -0.2) is 31.0 Å². The van der Waals surface area contributed by atoms with Gasteiger partial charge in [0.15, 0.2) is 11.2 Å². The molecule has 1 unspecified atom stereocenters. The molecular formula is C20H16ClF3N4O3. The lowest BCUT2D eigenvalue weighted by molar-refractivity contribution is -0.0892. The predicted octanol–water partition coefficient (Wildman–Crippen LogP) is 3.27. The average molecular weight is 453 g/mol. The number of aromatic nitrogens is 4. The normalized spacial score (nSPS) is 16.6. The molecule has 3 aromatic rings. The Morgan fingerprint density at radius 1 is 1.13 bits per heavy atom. The van der Waals surface area contributed by atoms with Crippen LogP contribution in [0.3, 0.4) is 0 Å². The molecule has 0 saturated heterocycles. The molecule has 0 aliphatic heterocycles. The van der Waals surface area contributed by atoms with Crippen LogP contribution in [0.5, 0.6) is 6.01 Å². The number of aryl methyl sites for hydroxylation is 1. The van der Waals surface area contributed by atoms with Crippen LogP contribution >= 0.6 is 11.6 Å². The second-order valence-corrected chi connectivity index (χ2v) is 7.43. The number of allylic oxidation sites excluding steroid dienone is 2.